The van der Waals surface area contributed by atoms with Crippen LogP contribution in [0.1, 0.15) is 20.8 Å². The van der Waals surface area contributed by atoms with Crippen LogP contribution < -0.4 is 10.9 Å². The second-order valence-corrected chi connectivity index (χ2v) is 7.27. The Hall–Kier alpha value is -2.35. The van der Waals surface area contributed by atoms with Crippen LogP contribution in [0, 0.1) is 5.92 Å². The number of carbonyl (C=O) groups excluding carboxylic acids is 2. The first-order chi connectivity index (χ1) is 11.8. The van der Waals surface area contributed by atoms with Gasteiger partial charge in [0.25, 0.3) is 5.56 Å². The number of hydrogen-bond donors (Lipinski definition) is 1. The number of methoxy groups -OCH3 is 1. The lowest BCUT2D eigenvalue weighted by Gasteiger charge is -2.17. The lowest BCUT2D eigenvalue weighted by Crippen LogP contribution is -2.36. The lowest BCUT2D eigenvalue weighted by atomic mass is 10.2. The topological polar surface area (TPSA) is 90.3 Å². The van der Waals surface area contributed by atoms with Gasteiger partial charge in [-0.05, 0) is 25.0 Å². The molecule has 0 aliphatic rings. The second kappa shape index (κ2) is 8.15. The fourth-order valence-corrected chi connectivity index (χ4v) is 3.15. The van der Waals surface area contributed by atoms with E-state index in [1.165, 1.54) is 7.11 Å². The Labute approximate surface area is 149 Å². The molecular formula is C17H21N3O4S. The second-order valence-electron chi connectivity index (χ2n) is 5.96. The summed E-state index contributed by atoms with van der Waals surface area (Å²) in [6.07, 6.45) is -0.816. The molecule has 0 unspecified atom stereocenters. The minimum Gasteiger partial charge on any atom is -0.453 e. The summed E-state index contributed by atoms with van der Waals surface area (Å²) in [5, 5.41) is 2.50. The molecule has 1 aromatic carbocycles. The fourth-order valence-electron chi connectivity index (χ4n) is 2.23. The van der Waals surface area contributed by atoms with Gasteiger partial charge in [-0.1, -0.05) is 37.7 Å². The number of fused-ring (bicyclic) bond motifs is 1. The first-order valence-corrected chi connectivity index (χ1v) is 8.76. The van der Waals surface area contributed by atoms with Gasteiger partial charge in [-0.15, -0.1) is 0 Å². The number of amides is 2. The van der Waals surface area contributed by atoms with Crippen LogP contribution in [0.15, 0.2) is 34.2 Å². The minimum absolute atomic E-state index is 0.137. The van der Waals surface area contributed by atoms with E-state index in [0.717, 1.165) is 11.8 Å². The van der Waals surface area contributed by atoms with Gasteiger partial charge in [0.15, 0.2) is 5.16 Å². The van der Waals surface area contributed by atoms with Crippen LogP contribution in [0.25, 0.3) is 10.9 Å². The number of para-hydroxylation sites is 1. The van der Waals surface area contributed by atoms with Crippen molar-refractivity contribution in [1.29, 1.82) is 0 Å². The summed E-state index contributed by atoms with van der Waals surface area (Å²) in [6, 6.07) is 7.11. The Morgan fingerprint density at radius 2 is 1.96 bits per heavy atom. The van der Waals surface area contributed by atoms with Crippen molar-refractivity contribution >= 4 is 34.7 Å². The van der Waals surface area contributed by atoms with Crippen LogP contribution in [0.3, 0.4) is 0 Å². The summed E-state index contributed by atoms with van der Waals surface area (Å²) < 4.78 is 6.01. The molecule has 1 atom stereocenters. The third-order valence-electron chi connectivity index (χ3n) is 3.44. The van der Waals surface area contributed by atoms with Gasteiger partial charge in [0.2, 0.25) is 5.91 Å². The maximum absolute atomic E-state index is 12.8. The van der Waals surface area contributed by atoms with Crippen LogP contribution in [-0.4, -0.2) is 33.9 Å². The molecule has 25 heavy (non-hydrogen) atoms. The van der Waals surface area contributed by atoms with E-state index in [2.05, 4.69) is 15.0 Å². The van der Waals surface area contributed by atoms with Gasteiger partial charge in [-0.3, -0.25) is 19.5 Å². The van der Waals surface area contributed by atoms with Gasteiger partial charge in [0.05, 0.1) is 23.3 Å². The quantitative estimate of drug-likeness (QED) is 0.648. The number of imide groups is 1. The zero-order valence-electron chi connectivity index (χ0n) is 14.6. The smallest absolute Gasteiger partial charge is 0.413 e. The van der Waals surface area contributed by atoms with Crippen LogP contribution in [0.4, 0.5) is 4.79 Å². The SMILES string of the molecule is COC(=O)NC(=O)[C@@H](C)Sc1nc2ccccc2c(=O)n1CC(C)C. The average Bonchev–Trinajstić information content (AvgIpc) is 2.57. The maximum atomic E-state index is 12.8. The highest BCUT2D eigenvalue weighted by atomic mass is 32.2. The number of nitrogens with zero attached hydrogens (tertiary/aromatic N) is 2. The minimum atomic E-state index is -0.816. The number of carbonyl (C=O) groups is 2. The molecule has 0 aliphatic heterocycles. The predicted octanol–water partition coefficient (Wildman–Crippen LogP) is 2.42. The molecule has 2 rings (SSSR count). The number of hydrogen-bond acceptors (Lipinski definition) is 6. The van der Waals surface area contributed by atoms with Crippen LogP contribution >= 0.6 is 11.8 Å². The number of benzene rings is 1. The van der Waals surface area contributed by atoms with Crippen molar-refractivity contribution in [2.24, 2.45) is 5.92 Å². The summed E-state index contributed by atoms with van der Waals surface area (Å²) in [5.41, 5.74) is 0.443. The van der Waals surface area contributed by atoms with Crippen molar-refractivity contribution < 1.29 is 14.3 Å². The largest absolute Gasteiger partial charge is 0.453 e. The van der Waals surface area contributed by atoms with Crippen molar-refractivity contribution in [2.45, 2.75) is 37.7 Å². The predicted molar refractivity (Wildman–Crippen MR) is 96.7 cm³/mol. The van der Waals surface area contributed by atoms with Gasteiger partial charge in [0.1, 0.15) is 0 Å². The van der Waals surface area contributed by atoms with E-state index in [0.29, 0.717) is 22.6 Å². The van der Waals surface area contributed by atoms with Gasteiger partial charge < -0.3 is 4.74 Å². The molecule has 0 bridgehead atoms. The maximum Gasteiger partial charge on any atom is 0.413 e. The number of aromatic nitrogens is 2. The highest BCUT2D eigenvalue weighted by Gasteiger charge is 2.21. The highest BCUT2D eigenvalue weighted by molar-refractivity contribution is 8.00. The molecule has 0 saturated heterocycles. The molecule has 7 nitrogen and oxygen atoms in total. The lowest BCUT2D eigenvalue weighted by molar-refractivity contribution is -0.119. The Bertz CT molecular complexity index is 847. The average molecular weight is 363 g/mol. The summed E-state index contributed by atoms with van der Waals surface area (Å²) in [7, 11) is 1.19. The molecule has 1 N–H and O–H groups in total. The molecule has 1 aromatic heterocycles. The number of nitrogens with one attached hydrogen (secondary N) is 1. The molecule has 0 radical (unpaired) electrons. The van der Waals surface area contributed by atoms with E-state index < -0.39 is 17.3 Å². The molecule has 0 spiro atoms. The normalized spacial score (nSPS) is 12.2. The van der Waals surface area contributed by atoms with E-state index in [-0.39, 0.29) is 11.5 Å². The van der Waals surface area contributed by atoms with E-state index in [4.69, 9.17) is 0 Å². The molecule has 2 aromatic rings. The third-order valence-corrected chi connectivity index (χ3v) is 4.53. The van der Waals surface area contributed by atoms with E-state index in [9.17, 15) is 14.4 Å². The van der Waals surface area contributed by atoms with Gasteiger partial charge in [0, 0.05) is 6.54 Å². The molecule has 8 heteroatoms. The van der Waals surface area contributed by atoms with Crippen LogP contribution in [0.5, 0.6) is 0 Å². The molecular weight excluding hydrogens is 342 g/mol. The Morgan fingerprint density at radius 3 is 2.60 bits per heavy atom. The van der Waals surface area contributed by atoms with Crippen molar-refractivity contribution in [3.63, 3.8) is 0 Å². The van der Waals surface area contributed by atoms with Crippen molar-refractivity contribution in [1.82, 2.24) is 14.9 Å². The highest BCUT2D eigenvalue weighted by Crippen LogP contribution is 2.23. The molecule has 0 aliphatic carbocycles. The summed E-state index contributed by atoms with van der Waals surface area (Å²) >= 11 is 1.13. The number of ether oxygens (including phenoxy) is 1. The zero-order chi connectivity index (χ0) is 18.6. The van der Waals surface area contributed by atoms with Crippen LogP contribution in [-0.2, 0) is 16.1 Å². The number of rotatable bonds is 5. The first-order valence-electron chi connectivity index (χ1n) is 7.88. The standard InChI is InChI=1S/C17H21N3O4S/c1-10(2)9-20-15(22)12-7-5-6-8-13(12)18-16(20)25-11(3)14(21)19-17(23)24-4/h5-8,10-11H,9H2,1-4H3,(H,19,21,23)/t11-/m1/s1. The number of thioether (sulfide) groups is 1. The zero-order valence-corrected chi connectivity index (χ0v) is 15.4. The van der Waals surface area contributed by atoms with Gasteiger partial charge in [-0.25, -0.2) is 9.78 Å². The first kappa shape index (κ1) is 19.0. The van der Waals surface area contributed by atoms with E-state index in [1.54, 1.807) is 29.7 Å². The van der Waals surface area contributed by atoms with E-state index in [1.807, 2.05) is 19.9 Å². The van der Waals surface area contributed by atoms with Gasteiger partial charge in [-0.2, -0.15) is 0 Å². The molecule has 1 heterocycles. The Balaban J connectivity index is 2.40. The molecule has 0 saturated carbocycles. The Kier molecular flexibility index (Phi) is 6.19. The monoisotopic (exact) mass is 363 g/mol. The summed E-state index contributed by atoms with van der Waals surface area (Å²) in [6.45, 7) is 6.14. The van der Waals surface area contributed by atoms with Crippen molar-refractivity contribution in [2.75, 3.05) is 7.11 Å². The van der Waals surface area contributed by atoms with Gasteiger partial charge >= 0.3 is 6.09 Å². The third kappa shape index (κ3) is 4.60. The van der Waals surface area contributed by atoms with Crippen molar-refractivity contribution in [3.05, 3.63) is 34.6 Å². The van der Waals surface area contributed by atoms with Crippen LogP contribution in [0.2, 0.25) is 0 Å². The Morgan fingerprint density at radius 1 is 1.28 bits per heavy atom. The molecule has 134 valence electrons. The summed E-state index contributed by atoms with van der Waals surface area (Å²) in [4.78, 5) is 40.6. The van der Waals surface area contributed by atoms with E-state index >= 15 is 0 Å². The van der Waals surface area contributed by atoms with Crippen molar-refractivity contribution in [3.8, 4) is 0 Å². The fraction of sp³-hybridized carbons (Fsp3) is 0.412. The summed E-state index contributed by atoms with van der Waals surface area (Å²) in [5.74, 6) is -0.269. The molecule has 0 fully saturated rings. The molecule has 2 amide bonds. The number of alkyl carbamates (subject to hydrolysis) is 1.